The molecule has 0 fully saturated rings. The van der Waals surface area contributed by atoms with Crippen molar-refractivity contribution < 1.29 is 0 Å². The minimum absolute atomic E-state index is 0.0644. The molecule has 3 rings (SSSR count). The summed E-state index contributed by atoms with van der Waals surface area (Å²) >= 11 is 0. The normalized spacial score (nSPS) is 11.6. The monoisotopic (exact) mass is 252 g/mol. The van der Waals surface area contributed by atoms with E-state index in [1.54, 1.807) is 6.92 Å². The van der Waals surface area contributed by atoms with Crippen molar-refractivity contribution in [3.63, 3.8) is 0 Å². The van der Waals surface area contributed by atoms with Crippen LogP contribution >= 0.6 is 0 Å². The zero-order valence-corrected chi connectivity index (χ0v) is 11.3. The third-order valence-electron chi connectivity index (χ3n) is 3.50. The molecule has 1 aromatic heterocycles. The Morgan fingerprint density at radius 3 is 2.68 bits per heavy atom. The highest BCUT2D eigenvalue weighted by Crippen LogP contribution is 2.25. The molecule has 96 valence electrons. The molecule has 0 radical (unpaired) electrons. The topological polar surface area (TPSA) is 45.8 Å². The molecule has 1 N–H and O–H groups in total. The average Bonchev–Trinajstić information content (AvgIpc) is 2.36. The molecule has 0 aliphatic rings. The highest BCUT2D eigenvalue weighted by Gasteiger charge is 2.08. The van der Waals surface area contributed by atoms with E-state index in [4.69, 9.17) is 0 Å². The van der Waals surface area contributed by atoms with Gasteiger partial charge in [0.05, 0.1) is 10.9 Å². The van der Waals surface area contributed by atoms with Crippen molar-refractivity contribution >= 4 is 21.7 Å². The molecule has 0 atom stereocenters. The van der Waals surface area contributed by atoms with Crippen LogP contribution in [0.4, 0.5) is 0 Å². The van der Waals surface area contributed by atoms with Gasteiger partial charge >= 0.3 is 0 Å². The van der Waals surface area contributed by atoms with Gasteiger partial charge in [0.25, 0.3) is 5.56 Å². The predicted molar refractivity (Wildman–Crippen MR) is 78.7 cm³/mol. The molecule has 0 amide bonds. The van der Waals surface area contributed by atoms with Gasteiger partial charge in [0.2, 0.25) is 0 Å². The van der Waals surface area contributed by atoms with Gasteiger partial charge in [0, 0.05) is 0 Å². The van der Waals surface area contributed by atoms with E-state index in [2.05, 4.69) is 35.9 Å². The summed E-state index contributed by atoms with van der Waals surface area (Å²) < 4.78 is 0. The van der Waals surface area contributed by atoms with Gasteiger partial charge in [-0.3, -0.25) is 4.79 Å². The van der Waals surface area contributed by atoms with Crippen molar-refractivity contribution in [2.24, 2.45) is 0 Å². The number of aromatic nitrogens is 2. The van der Waals surface area contributed by atoms with Crippen LogP contribution < -0.4 is 5.56 Å². The van der Waals surface area contributed by atoms with Crippen LogP contribution in [0.3, 0.4) is 0 Å². The molecule has 3 heteroatoms. The lowest BCUT2D eigenvalue weighted by Crippen LogP contribution is -2.10. The maximum atomic E-state index is 12.1. The first-order valence-corrected chi connectivity index (χ1v) is 6.49. The Balaban J connectivity index is 2.44. The van der Waals surface area contributed by atoms with Crippen molar-refractivity contribution in [3.8, 4) is 0 Å². The largest absolute Gasteiger partial charge is 0.310 e. The number of aromatic amines is 1. The van der Waals surface area contributed by atoms with E-state index in [-0.39, 0.29) is 5.56 Å². The summed E-state index contributed by atoms with van der Waals surface area (Å²) in [6, 6.07) is 10.2. The van der Waals surface area contributed by atoms with Crippen LogP contribution in [0.15, 0.2) is 35.1 Å². The van der Waals surface area contributed by atoms with Crippen LogP contribution in [0.5, 0.6) is 0 Å². The third-order valence-corrected chi connectivity index (χ3v) is 3.50. The molecule has 2 aromatic carbocycles. The molecule has 0 aliphatic heterocycles. The fourth-order valence-electron chi connectivity index (χ4n) is 2.46. The number of hydrogen-bond donors (Lipinski definition) is 1. The maximum Gasteiger partial charge on any atom is 0.259 e. The average molecular weight is 252 g/mol. The van der Waals surface area contributed by atoms with E-state index < -0.39 is 0 Å². The van der Waals surface area contributed by atoms with E-state index in [1.807, 2.05) is 18.2 Å². The van der Waals surface area contributed by atoms with Crippen molar-refractivity contribution in [3.05, 3.63) is 52.1 Å². The number of H-pyrrole nitrogens is 1. The second-order valence-electron chi connectivity index (χ2n) is 5.25. The van der Waals surface area contributed by atoms with Crippen molar-refractivity contribution in [2.75, 3.05) is 0 Å². The Morgan fingerprint density at radius 2 is 1.95 bits per heavy atom. The van der Waals surface area contributed by atoms with Crippen LogP contribution in [0.25, 0.3) is 21.7 Å². The minimum atomic E-state index is -0.0644. The van der Waals surface area contributed by atoms with Gasteiger partial charge in [-0.15, -0.1) is 0 Å². The molecule has 0 saturated heterocycles. The maximum absolute atomic E-state index is 12.1. The number of nitrogens with zero attached hydrogens (tertiary/aromatic N) is 1. The summed E-state index contributed by atoms with van der Waals surface area (Å²) in [7, 11) is 0. The Hall–Kier alpha value is -2.16. The van der Waals surface area contributed by atoms with E-state index in [0.29, 0.717) is 17.1 Å². The van der Waals surface area contributed by atoms with Crippen LogP contribution in [0, 0.1) is 6.92 Å². The van der Waals surface area contributed by atoms with Gasteiger partial charge in [-0.2, -0.15) is 0 Å². The number of hydrogen-bond acceptors (Lipinski definition) is 2. The quantitative estimate of drug-likeness (QED) is 0.674. The summed E-state index contributed by atoms with van der Waals surface area (Å²) in [5.41, 5.74) is 1.97. The molecule has 0 unspecified atom stereocenters. The first-order chi connectivity index (χ1) is 9.06. The molecule has 0 bridgehead atoms. The Bertz CT molecular complexity index is 831. The lowest BCUT2D eigenvalue weighted by molar-refractivity contribution is 0.869. The molecule has 3 nitrogen and oxygen atoms in total. The summed E-state index contributed by atoms with van der Waals surface area (Å²) in [4.78, 5) is 19.3. The third kappa shape index (κ3) is 1.91. The van der Waals surface area contributed by atoms with Crippen molar-refractivity contribution in [1.29, 1.82) is 0 Å². The van der Waals surface area contributed by atoms with E-state index >= 15 is 0 Å². The number of aryl methyl sites for hydroxylation is 1. The molecule has 19 heavy (non-hydrogen) atoms. The molecule has 0 saturated carbocycles. The number of rotatable bonds is 1. The minimum Gasteiger partial charge on any atom is -0.310 e. The smallest absolute Gasteiger partial charge is 0.259 e. The van der Waals surface area contributed by atoms with E-state index in [9.17, 15) is 4.79 Å². The van der Waals surface area contributed by atoms with Gasteiger partial charge < -0.3 is 4.98 Å². The highest BCUT2D eigenvalue weighted by atomic mass is 16.1. The zero-order chi connectivity index (χ0) is 13.6. The number of nitrogens with one attached hydrogen (secondary N) is 1. The SMILES string of the molecule is Cc1nc2ccc3cc(C(C)C)ccc3c2c(=O)[nH]1. The van der Waals surface area contributed by atoms with Crippen LogP contribution in [-0.2, 0) is 0 Å². The lowest BCUT2D eigenvalue weighted by atomic mass is 9.98. The molecule has 0 spiro atoms. The summed E-state index contributed by atoms with van der Waals surface area (Å²) in [5, 5.41) is 2.74. The van der Waals surface area contributed by atoms with Crippen LogP contribution in [0.1, 0.15) is 31.2 Å². The first kappa shape index (κ1) is 11.9. The second kappa shape index (κ2) is 4.19. The number of benzene rings is 2. The van der Waals surface area contributed by atoms with Gasteiger partial charge in [-0.1, -0.05) is 38.1 Å². The van der Waals surface area contributed by atoms with Gasteiger partial charge in [-0.05, 0) is 35.2 Å². The van der Waals surface area contributed by atoms with E-state index in [0.717, 1.165) is 16.3 Å². The Kier molecular flexibility index (Phi) is 2.63. The summed E-state index contributed by atoms with van der Waals surface area (Å²) in [5.74, 6) is 1.13. The molecular formula is C16H16N2O. The predicted octanol–water partition coefficient (Wildman–Crippen LogP) is 3.51. The van der Waals surface area contributed by atoms with Gasteiger partial charge in [0.15, 0.2) is 0 Å². The van der Waals surface area contributed by atoms with E-state index in [1.165, 1.54) is 5.56 Å². The number of fused-ring (bicyclic) bond motifs is 3. The molecule has 3 aromatic rings. The van der Waals surface area contributed by atoms with Crippen molar-refractivity contribution in [1.82, 2.24) is 9.97 Å². The Labute approximate surface area is 111 Å². The fraction of sp³-hybridized carbons (Fsp3) is 0.250. The van der Waals surface area contributed by atoms with Crippen molar-refractivity contribution in [2.45, 2.75) is 26.7 Å². The standard InChI is InChI=1S/C16H16N2O/c1-9(2)11-4-6-13-12(8-11)5-7-14-15(13)16(19)18-10(3)17-14/h4-9H,1-3H3,(H,17,18,19). The summed E-state index contributed by atoms with van der Waals surface area (Å²) in [6.07, 6.45) is 0. The van der Waals surface area contributed by atoms with Crippen LogP contribution in [0.2, 0.25) is 0 Å². The molecule has 1 heterocycles. The zero-order valence-electron chi connectivity index (χ0n) is 11.3. The summed E-state index contributed by atoms with van der Waals surface area (Å²) in [6.45, 7) is 6.13. The Morgan fingerprint density at radius 1 is 1.16 bits per heavy atom. The van der Waals surface area contributed by atoms with Crippen LogP contribution in [-0.4, -0.2) is 9.97 Å². The molecule has 0 aliphatic carbocycles. The lowest BCUT2D eigenvalue weighted by Gasteiger charge is -2.08. The molecular weight excluding hydrogens is 236 g/mol. The van der Waals surface area contributed by atoms with Gasteiger partial charge in [-0.25, -0.2) is 4.98 Å². The highest BCUT2D eigenvalue weighted by molar-refractivity contribution is 6.05. The fourth-order valence-corrected chi connectivity index (χ4v) is 2.46. The second-order valence-corrected chi connectivity index (χ2v) is 5.25. The first-order valence-electron chi connectivity index (χ1n) is 6.49. The van der Waals surface area contributed by atoms with Gasteiger partial charge in [0.1, 0.15) is 5.82 Å².